The van der Waals surface area contributed by atoms with E-state index in [9.17, 15) is 5.11 Å². The van der Waals surface area contributed by atoms with E-state index < -0.39 is 12.4 Å². The average Bonchev–Trinajstić information content (AvgIpc) is 2.31. The molecule has 4 nitrogen and oxygen atoms in total. The average molecular weight is 217 g/mol. The Hall–Kier alpha value is -0.160. The first kappa shape index (κ1) is 12.9. The van der Waals surface area contributed by atoms with E-state index in [1.807, 2.05) is 0 Å². The number of rotatable bonds is 5. The van der Waals surface area contributed by atoms with Gasteiger partial charge in [0.2, 0.25) is 0 Å². The zero-order valence-corrected chi connectivity index (χ0v) is 9.74. The first-order valence-corrected chi connectivity index (χ1v) is 5.64. The largest absolute Gasteiger partial charge is 0.387 e. The summed E-state index contributed by atoms with van der Waals surface area (Å²) < 4.78 is 10.2. The highest BCUT2D eigenvalue weighted by atomic mass is 16.7. The van der Waals surface area contributed by atoms with Crippen LogP contribution in [0, 0.1) is 5.41 Å². The third-order valence-corrected chi connectivity index (χ3v) is 3.61. The molecule has 0 heterocycles. The van der Waals surface area contributed by atoms with Gasteiger partial charge in [-0.05, 0) is 12.8 Å². The van der Waals surface area contributed by atoms with Crippen molar-refractivity contribution in [2.24, 2.45) is 11.1 Å². The second kappa shape index (κ2) is 5.80. The SMILES string of the molecule is COC(OC)C(O)C1(CN)CCCCC1. The third kappa shape index (κ3) is 2.69. The predicted molar refractivity (Wildman–Crippen MR) is 58.4 cm³/mol. The smallest absolute Gasteiger partial charge is 0.183 e. The molecule has 0 amide bonds. The molecule has 1 saturated carbocycles. The van der Waals surface area contributed by atoms with Crippen molar-refractivity contribution in [2.45, 2.75) is 44.5 Å². The molecule has 90 valence electrons. The summed E-state index contributed by atoms with van der Waals surface area (Å²) in [6.45, 7) is 0.497. The van der Waals surface area contributed by atoms with Crippen LogP contribution in [0.4, 0.5) is 0 Å². The van der Waals surface area contributed by atoms with E-state index in [4.69, 9.17) is 15.2 Å². The van der Waals surface area contributed by atoms with E-state index in [-0.39, 0.29) is 5.41 Å². The molecule has 1 fully saturated rings. The summed E-state index contributed by atoms with van der Waals surface area (Å²) in [6, 6.07) is 0. The quantitative estimate of drug-likeness (QED) is 0.671. The standard InChI is InChI=1S/C11H23NO3/c1-14-10(15-2)9(13)11(8-12)6-4-3-5-7-11/h9-10,13H,3-8,12H2,1-2H3. The number of hydrogen-bond donors (Lipinski definition) is 2. The van der Waals surface area contributed by atoms with Crippen LogP contribution in [0.2, 0.25) is 0 Å². The third-order valence-electron chi connectivity index (χ3n) is 3.61. The molecule has 0 bridgehead atoms. The monoisotopic (exact) mass is 217 g/mol. The zero-order valence-electron chi connectivity index (χ0n) is 9.74. The number of hydrogen-bond acceptors (Lipinski definition) is 4. The van der Waals surface area contributed by atoms with Crippen LogP contribution in [0.5, 0.6) is 0 Å². The fraction of sp³-hybridized carbons (Fsp3) is 1.00. The number of aliphatic hydroxyl groups is 1. The van der Waals surface area contributed by atoms with E-state index >= 15 is 0 Å². The van der Waals surface area contributed by atoms with Crippen molar-refractivity contribution in [3.63, 3.8) is 0 Å². The van der Waals surface area contributed by atoms with Gasteiger partial charge in [0.05, 0.1) is 0 Å². The highest BCUT2D eigenvalue weighted by Crippen LogP contribution is 2.40. The van der Waals surface area contributed by atoms with E-state index in [0.29, 0.717) is 6.54 Å². The molecule has 1 unspecified atom stereocenters. The van der Waals surface area contributed by atoms with E-state index in [1.54, 1.807) is 14.2 Å². The van der Waals surface area contributed by atoms with Crippen LogP contribution in [0.25, 0.3) is 0 Å². The summed E-state index contributed by atoms with van der Waals surface area (Å²) in [5, 5.41) is 10.3. The molecule has 1 rings (SSSR count). The molecule has 15 heavy (non-hydrogen) atoms. The molecule has 1 atom stereocenters. The molecule has 0 radical (unpaired) electrons. The molecular weight excluding hydrogens is 194 g/mol. The molecule has 3 N–H and O–H groups in total. The Bertz CT molecular complexity index is 177. The number of methoxy groups -OCH3 is 2. The maximum Gasteiger partial charge on any atom is 0.183 e. The van der Waals surface area contributed by atoms with E-state index in [1.165, 1.54) is 6.42 Å². The van der Waals surface area contributed by atoms with Gasteiger partial charge in [0.1, 0.15) is 6.10 Å². The van der Waals surface area contributed by atoms with Gasteiger partial charge in [0.15, 0.2) is 6.29 Å². The highest BCUT2D eigenvalue weighted by Gasteiger charge is 2.42. The molecule has 0 aromatic rings. The number of aliphatic hydroxyl groups excluding tert-OH is 1. The van der Waals surface area contributed by atoms with E-state index in [2.05, 4.69) is 0 Å². The Balaban J connectivity index is 2.70. The molecule has 0 aliphatic heterocycles. The highest BCUT2D eigenvalue weighted by molar-refractivity contribution is 4.91. The van der Waals surface area contributed by atoms with Gasteiger partial charge >= 0.3 is 0 Å². The lowest BCUT2D eigenvalue weighted by molar-refractivity contribution is -0.202. The number of ether oxygens (including phenoxy) is 2. The van der Waals surface area contributed by atoms with E-state index in [0.717, 1.165) is 25.7 Å². The van der Waals surface area contributed by atoms with Gasteiger partial charge in [-0.25, -0.2) is 0 Å². The van der Waals surface area contributed by atoms with Crippen molar-refractivity contribution in [3.8, 4) is 0 Å². The van der Waals surface area contributed by atoms with Gasteiger partial charge in [-0.2, -0.15) is 0 Å². The molecular formula is C11H23NO3. The topological polar surface area (TPSA) is 64.7 Å². The van der Waals surface area contributed by atoms with Crippen molar-refractivity contribution in [1.82, 2.24) is 0 Å². The lowest BCUT2D eigenvalue weighted by atomic mass is 9.70. The Morgan fingerprint density at radius 3 is 2.13 bits per heavy atom. The van der Waals surface area contributed by atoms with Crippen LogP contribution in [-0.2, 0) is 9.47 Å². The van der Waals surface area contributed by atoms with Crippen LogP contribution >= 0.6 is 0 Å². The van der Waals surface area contributed by atoms with Crippen molar-refractivity contribution >= 4 is 0 Å². The first-order chi connectivity index (χ1) is 7.20. The summed E-state index contributed by atoms with van der Waals surface area (Å²) in [5.74, 6) is 0. The van der Waals surface area contributed by atoms with Gasteiger partial charge in [0.25, 0.3) is 0 Å². The van der Waals surface area contributed by atoms with Crippen LogP contribution < -0.4 is 5.73 Å². The van der Waals surface area contributed by atoms with Gasteiger partial charge in [0, 0.05) is 26.2 Å². The molecule has 1 aliphatic carbocycles. The molecule has 0 saturated heterocycles. The lowest BCUT2D eigenvalue weighted by Crippen LogP contribution is -2.50. The summed E-state index contributed by atoms with van der Waals surface area (Å²) >= 11 is 0. The summed E-state index contributed by atoms with van der Waals surface area (Å²) in [6.07, 6.45) is 4.24. The van der Waals surface area contributed by atoms with Crippen LogP contribution in [0.3, 0.4) is 0 Å². The minimum atomic E-state index is -0.627. The normalized spacial score (nSPS) is 23.0. The van der Waals surface area contributed by atoms with Crippen molar-refractivity contribution in [3.05, 3.63) is 0 Å². The summed E-state index contributed by atoms with van der Waals surface area (Å²) in [4.78, 5) is 0. The maximum atomic E-state index is 10.3. The molecule has 0 spiro atoms. The van der Waals surface area contributed by atoms with Crippen molar-refractivity contribution in [1.29, 1.82) is 0 Å². The lowest BCUT2D eigenvalue weighted by Gasteiger charge is -2.42. The van der Waals surface area contributed by atoms with Gasteiger partial charge in [-0.1, -0.05) is 19.3 Å². The van der Waals surface area contributed by atoms with Gasteiger partial charge in [-0.3, -0.25) is 0 Å². The second-order valence-corrected chi connectivity index (χ2v) is 4.41. The minimum Gasteiger partial charge on any atom is -0.387 e. The molecule has 0 aromatic carbocycles. The fourth-order valence-corrected chi connectivity index (χ4v) is 2.52. The van der Waals surface area contributed by atoms with Crippen molar-refractivity contribution in [2.75, 3.05) is 20.8 Å². The zero-order chi connectivity index (χ0) is 11.3. The number of nitrogens with two attached hydrogens (primary N) is 1. The fourth-order valence-electron chi connectivity index (χ4n) is 2.52. The summed E-state index contributed by atoms with van der Waals surface area (Å²) in [5.41, 5.74) is 5.60. The van der Waals surface area contributed by atoms with Crippen LogP contribution in [-0.4, -0.2) is 38.3 Å². The Morgan fingerprint density at radius 1 is 1.20 bits per heavy atom. The van der Waals surface area contributed by atoms with Crippen LogP contribution in [0.1, 0.15) is 32.1 Å². The Morgan fingerprint density at radius 2 is 1.73 bits per heavy atom. The predicted octanol–water partition coefficient (Wildman–Crippen LogP) is 0.875. The maximum absolute atomic E-state index is 10.3. The Labute approximate surface area is 91.7 Å². The molecule has 1 aliphatic rings. The van der Waals surface area contributed by atoms with Crippen molar-refractivity contribution < 1.29 is 14.6 Å². The Kier molecular flexibility index (Phi) is 4.99. The van der Waals surface area contributed by atoms with Gasteiger partial charge < -0.3 is 20.3 Å². The molecule has 4 heteroatoms. The summed E-state index contributed by atoms with van der Waals surface area (Å²) in [7, 11) is 3.09. The first-order valence-electron chi connectivity index (χ1n) is 5.64. The van der Waals surface area contributed by atoms with Gasteiger partial charge in [-0.15, -0.1) is 0 Å². The second-order valence-electron chi connectivity index (χ2n) is 4.41. The minimum absolute atomic E-state index is 0.213. The molecule has 0 aromatic heterocycles. The van der Waals surface area contributed by atoms with Crippen LogP contribution in [0.15, 0.2) is 0 Å².